The summed E-state index contributed by atoms with van der Waals surface area (Å²) < 4.78 is 4.64. The fourth-order valence-corrected chi connectivity index (χ4v) is 2.35. The van der Waals surface area contributed by atoms with E-state index in [1.807, 2.05) is 6.92 Å². The van der Waals surface area contributed by atoms with Crippen LogP contribution in [0.4, 0.5) is 17.1 Å². The van der Waals surface area contributed by atoms with E-state index in [9.17, 15) is 14.4 Å². The van der Waals surface area contributed by atoms with Gasteiger partial charge in [0.05, 0.1) is 19.2 Å². The Hall–Kier alpha value is -3.35. The van der Waals surface area contributed by atoms with Gasteiger partial charge in [-0.05, 0) is 48.9 Å². The SMILES string of the molecule is CCCC(=O)Nc1cccc(NC(=O)CNc2ccc(C(=O)OC)cc2)c1. The van der Waals surface area contributed by atoms with Crippen LogP contribution in [0.1, 0.15) is 30.1 Å². The number of amides is 2. The molecule has 3 N–H and O–H groups in total. The Morgan fingerprint density at radius 2 is 1.52 bits per heavy atom. The van der Waals surface area contributed by atoms with Gasteiger partial charge in [-0.25, -0.2) is 4.79 Å². The zero-order valence-corrected chi connectivity index (χ0v) is 15.4. The third-order valence-corrected chi connectivity index (χ3v) is 3.67. The molecule has 2 rings (SSSR count). The van der Waals surface area contributed by atoms with Crippen molar-refractivity contribution in [1.82, 2.24) is 0 Å². The van der Waals surface area contributed by atoms with Gasteiger partial charge >= 0.3 is 5.97 Å². The molecule has 0 aromatic heterocycles. The summed E-state index contributed by atoms with van der Waals surface area (Å²) in [5.74, 6) is -0.702. The Labute approximate surface area is 158 Å². The number of esters is 1. The van der Waals surface area contributed by atoms with Gasteiger partial charge in [-0.2, -0.15) is 0 Å². The Balaban J connectivity index is 1.86. The molecule has 7 nitrogen and oxygen atoms in total. The van der Waals surface area contributed by atoms with Crippen molar-refractivity contribution in [2.45, 2.75) is 19.8 Å². The summed E-state index contributed by atoms with van der Waals surface area (Å²) in [5, 5.41) is 8.54. The van der Waals surface area contributed by atoms with Gasteiger partial charge in [0.15, 0.2) is 0 Å². The first-order valence-corrected chi connectivity index (χ1v) is 8.64. The zero-order valence-electron chi connectivity index (χ0n) is 15.4. The van der Waals surface area contributed by atoms with Gasteiger partial charge in [0, 0.05) is 23.5 Å². The molecule has 0 heterocycles. The second-order valence-electron chi connectivity index (χ2n) is 5.85. The molecule has 142 valence electrons. The quantitative estimate of drug-likeness (QED) is 0.621. The third kappa shape index (κ3) is 6.47. The molecule has 2 aromatic rings. The lowest BCUT2D eigenvalue weighted by Crippen LogP contribution is -2.21. The van der Waals surface area contributed by atoms with Crippen molar-refractivity contribution < 1.29 is 19.1 Å². The van der Waals surface area contributed by atoms with E-state index in [1.165, 1.54) is 7.11 Å². The Bertz CT molecular complexity index is 803. The summed E-state index contributed by atoms with van der Waals surface area (Å²) in [6.45, 7) is 2.00. The monoisotopic (exact) mass is 369 g/mol. The van der Waals surface area contributed by atoms with Crippen LogP contribution < -0.4 is 16.0 Å². The van der Waals surface area contributed by atoms with E-state index in [1.54, 1.807) is 48.5 Å². The van der Waals surface area contributed by atoms with Gasteiger partial charge in [0.25, 0.3) is 0 Å². The largest absolute Gasteiger partial charge is 0.465 e. The summed E-state index contributed by atoms with van der Waals surface area (Å²) in [4.78, 5) is 35.2. The van der Waals surface area contributed by atoms with Crippen LogP contribution in [-0.2, 0) is 14.3 Å². The van der Waals surface area contributed by atoms with Crippen molar-refractivity contribution in [1.29, 1.82) is 0 Å². The van der Waals surface area contributed by atoms with Gasteiger partial charge < -0.3 is 20.7 Å². The number of anilines is 3. The predicted octanol–water partition coefficient (Wildman–Crippen LogP) is 3.26. The standard InChI is InChI=1S/C20H23N3O4/c1-3-5-18(24)22-16-6-4-7-17(12-16)23-19(25)13-21-15-10-8-14(9-11-15)20(26)27-2/h4,6-12,21H,3,5,13H2,1-2H3,(H,22,24)(H,23,25). The Morgan fingerprint density at radius 3 is 2.11 bits per heavy atom. The fraction of sp³-hybridized carbons (Fsp3) is 0.250. The Kier molecular flexibility index (Phi) is 7.37. The maximum Gasteiger partial charge on any atom is 0.337 e. The summed E-state index contributed by atoms with van der Waals surface area (Å²) in [6, 6.07) is 13.6. The van der Waals surface area contributed by atoms with E-state index in [2.05, 4.69) is 20.7 Å². The number of nitrogens with one attached hydrogen (secondary N) is 3. The molecule has 27 heavy (non-hydrogen) atoms. The number of carbonyl (C=O) groups excluding carboxylic acids is 3. The van der Waals surface area contributed by atoms with Gasteiger partial charge in [0.2, 0.25) is 11.8 Å². The van der Waals surface area contributed by atoms with Gasteiger partial charge in [-0.3, -0.25) is 9.59 Å². The first kappa shape index (κ1) is 20.0. The summed E-state index contributed by atoms with van der Waals surface area (Å²) in [5.41, 5.74) is 2.38. The number of hydrogen-bond acceptors (Lipinski definition) is 5. The molecule has 2 aromatic carbocycles. The maximum absolute atomic E-state index is 12.1. The summed E-state index contributed by atoms with van der Waals surface area (Å²) in [7, 11) is 1.32. The number of hydrogen-bond donors (Lipinski definition) is 3. The molecule has 0 saturated heterocycles. The zero-order chi connectivity index (χ0) is 19.6. The number of benzene rings is 2. The van der Waals surface area contributed by atoms with E-state index < -0.39 is 5.97 Å². The van der Waals surface area contributed by atoms with E-state index in [0.29, 0.717) is 29.0 Å². The Morgan fingerprint density at radius 1 is 0.889 bits per heavy atom. The minimum Gasteiger partial charge on any atom is -0.465 e. The smallest absolute Gasteiger partial charge is 0.337 e. The molecule has 2 amide bonds. The molecule has 0 spiro atoms. The predicted molar refractivity (Wildman–Crippen MR) is 105 cm³/mol. The highest BCUT2D eigenvalue weighted by molar-refractivity contribution is 5.96. The van der Waals surface area contributed by atoms with Crippen molar-refractivity contribution in [3.63, 3.8) is 0 Å². The molecule has 0 unspecified atom stereocenters. The van der Waals surface area contributed by atoms with E-state index >= 15 is 0 Å². The van der Waals surface area contributed by atoms with E-state index in [0.717, 1.165) is 6.42 Å². The highest BCUT2D eigenvalue weighted by atomic mass is 16.5. The molecular weight excluding hydrogens is 346 g/mol. The first-order chi connectivity index (χ1) is 13.0. The number of methoxy groups -OCH3 is 1. The number of rotatable bonds is 8. The number of ether oxygens (including phenoxy) is 1. The molecule has 0 aliphatic carbocycles. The van der Waals surface area contributed by atoms with Crippen LogP contribution in [0.3, 0.4) is 0 Å². The van der Waals surface area contributed by atoms with Gasteiger partial charge in [-0.15, -0.1) is 0 Å². The second kappa shape index (κ2) is 9.96. The van der Waals surface area contributed by atoms with Crippen molar-refractivity contribution in [2.75, 3.05) is 29.6 Å². The molecule has 0 atom stereocenters. The average molecular weight is 369 g/mol. The normalized spacial score (nSPS) is 10.0. The highest BCUT2D eigenvalue weighted by Crippen LogP contribution is 2.16. The van der Waals surface area contributed by atoms with Crippen molar-refractivity contribution >= 4 is 34.8 Å². The topological polar surface area (TPSA) is 96.5 Å². The van der Waals surface area contributed by atoms with Gasteiger partial charge in [0.1, 0.15) is 0 Å². The lowest BCUT2D eigenvalue weighted by molar-refractivity contribution is -0.116. The van der Waals surface area contributed by atoms with Crippen molar-refractivity contribution in [3.8, 4) is 0 Å². The minimum absolute atomic E-state index is 0.0574. The molecule has 0 fully saturated rings. The van der Waals surface area contributed by atoms with Crippen LogP contribution in [0.25, 0.3) is 0 Å². The van der Waals surface area contributed by atoms with Crippen LogP contribution in [0, 0.1) is 0 Å². The molecular formula is C20H23N3O4. The van der Waals surface area contributed by atoms with Crippen LogP contribution >= 0.6 is 0 Å². The minimum atomic E-state index is -0.412. The van der Waals surface area contributed by atoms with Crippen molar-refractivity contribution in [3.05, 3.63) is 54.1 Å². The fourth-order valence-electron chi connectivity index (χ4n) is 2.35. The average Bonchev–Trinajstić information content (AvgIpc) is 2.66. The second-order valence-corrected chi connectivity index (χ2v) is 5.85. The molecule has 0 aliphatic heterocycles. The lowest BCUT2D eigenvalue weighted by Gasteiger charge is -2.10. The summed E-state index contributed by atoms with van der Waals surface area (Å²) >= 11 is 0. The lowest BCUT2D eigenvalue weighted by atomic mass is 10.2. The van der Waals surface area contributed by atoms with Crippen LogP contribution in [0.5, 0.6) is 0 Å². The molecule has 0 aliphatic rings. The maximum atomic E-state index is 12.1. The number of carbonyl (C=O) groups is 3. The van der Waals surface area contributed by atoms with Crippen LogP contribution in [0.15, 0.2) is 48.5 Å². The molecule has 0 bridgehead atoms. The van der Waals surface area contributed by atoms with E-state index in [4.69, 9.17) is 0 Å². The highest BCUT2D eigenvalue weighted by Gasteiger charge is 2.07. The molecule has 0 saturated carbocycles. The van der Waals surface area contributed by atoms with Crippen molar-refractivity contribution in [2.24, 2.45) is 0 Å². The van der Waals surface area contributed by atoms with Crippen LogP contribution in [0.2, 0.25) is 0 Å². The van der Waals surface area contributed by atoms with Gasteiger partial charge in [-0.1, -0.05) is 13.0 Å². The first-order valence-electron chi connectivity index (χ1n) is 8.64. The molecule has 7 heteroatoms. The summed E-state index contributed by atoms with van der Waals surface area (Å²) in [6.07, 6.45) is 1.23. The third-order valence-electron chi connectivity index (χ3n) is 3.67. The van der Waals surface area contributed by atoms with E-state index in [-0.39, 0.29) is 18.4 Å². The van der Waals surface area contributed by atoms with Crippen LogP contribution in [-0.4, -0.2) is 31.4 Å². The molecule has 0 radical (unpaired) electrons.